The summed E-state index contributed by atoms with van der Waals surface area (Å²) in [5.41, 5.74) is 1.23. The van der Waals surface area contributed by atoms with Crippen LogP contribution in [0.3, 0.4) is 0 Å². The van der Waals surface area contributed by atoms with Gasteiger partial charge in [0.1, 0.15) is 0 Å². The van der Waals surface area contributed by atoms with Gasteiger partial charge in [-0.15, -0.1) is 11.6 Å². The van der Waals surface area contributed by atoms with Crippen molar-refractivity contribution in [2.75, 3.05) is 0 Å². The maximum atomic E-state index is 6.47. The Morgan fingerprint density at radius 2 is 2.07 bits per heavy atom. The zero-order valence-electron chi connectivity index (χ0n) is 8.10. The van der Waals surface area contributed by atoms with Crippen molar-refractivity contribution >= 4 is 23.2 Å². The highest BCUT2D eigenvalue weighted by molar-refractivity contribution is 6.34. The summed E-state index contributed by atoms with van der Waals surface area (Å²) >= 11 is 12.7. The molecule has 0 amide bonds. The van der Waals surface area contributed by atoms with E-state index in [2.05, 4.69) is 12.2 Å². The van der Waals surface area contributed by atoms with Crippen LogP contribution in [0.1, 0.15) is 32.1 Å². The van der Waals surface area contributed by atoms with Gasteiger partial charge in [0.05, 0.1) is 4.87 Å². The van der Waals surface area contributed by atoms with Gasteiger partial charge in [-0.1, -0.05) is 42.7 Å². The standard InChI is InChI=1S/C12H14Cl2/c13-11-9-12(14)7-3-1-2-5-10(11)6-4-8-12/h4,6,8-9H,1-3,5,7H2. The molecule has 0 fully saturated rings. The molecule has 0 radical (unpaired) electrons. The molecule has 0 nitrogen and oxygen atoms in total. The van der Waals surface area contributed by atoms with Crippen molar-refractivity contribution < 1.29 is 0 Å². The van der Waals surface area contributed by atoms with E-state index in [9.17, 15) is 0 Å². The molecule has 0 N–H and O–H groups in total. The van der Waals surface area contributed by atoms with Crippen molar-refractivity contribution in [3.8, 4) is 0 Å². The molecule has 0 saturated carbocycles. The number of hydrogen-bond donors (Lipinski definition) is 0. The molecule has 14 heavy (non-hydrogen) atoms. The second kappa shape index (κ2) is 4.12. The van der Waals surface area contributed by atoms with Crippen molar-refractivity contribution in [2.45, 2.75) is 37.0 Å². The van der Waals surface area contributed by atoms with Gasteiger partial charge in [0.15, 0.2) is 0 Å². The van der Waals surface area contributed by atoms with Crippen LogP contribution in [0.5, 0.6) is 0 Å². The summed E-state index contributed by atoms with van der Waals surface area (Å²) in [5.74, 6) is 0. The van der Waals surface area contributed by atoms with Gasteiger partial charge in [-0.3, -0.25) is 0 Å². The number of halogens is 2. The van der Waals surface area contributed by atoms with Gasteiger partial charge in [0, 0.05) is 5.03 Å². The molecule has 2 aliphatic rings. The fraction of sp³-hybridized carbons (Fsp3) is 0.500. The van der Waals surface area contributed by atoms with Gasteiger partial charge < -0.3 is 0 Å². The molecule has 1 atom stereocenters. The van der Waals surface area contributed by atoms with Crippen molar-refractivity contribution in [1.82, 2.24) is 0 Å². The third-order valence-electron chi connectivity index (χ3n) is 2.85. The zero-order chi connectivity index (χ0) is 10.0. The van der Waals surface area contributed by atoms with E-state index in [0.29, 0.717) is 0 Å². The minimum absolute atomic E-state index is 0.348. The first-order valence-electron chi connectivity index (χ1n) is 5.16. The molecule has 0 aliphatic heterocycles. The van der Waals surface area contributed by atoms with Crippen LogP contribution in [0.15, 0.2) is 34.9 Å². The van der Waals surface area contributed by atoms with Gasteiger partial charge >= 0.3 is 0 Å². The molecule has 2 rings (SSSR count). The lowest BCUT2D eigenvalue weighted by Crippen LogP contribution is -2.14. The molecule has 2 aliphatic carbocycles. The lowest BCUT2D eigenvalue weighted by Gasteiger charge is -2.18. The minimum atomic E-state index is -0.348. The number of hydrogen-bond acceptors (Lipinski definition) is 0. The third-order valence-corrected chi connectivity index (χ3v) is 3.63. The van der Waals surface area contributed by atoms with Crippen LogP contribution in [0.4, 0.5) is 0 Å². The van der Waals surface area contributed by atoms with Crippen molar-refractivity contribution in [1.29, 1.82) is 0 Å². The van der Waals surface area contributed by atoms with Gasteiger partial charge in [0.25, 0.3) is 0 Å². The Hall–Kier alpha value is -0.200. The van der Waals surface area contributed by atoms with E-state index in [4.69, 9.17) is 23.2 Å². The van der Waals surface area contributed by atoms with Crippen LogP contribution in [0.25, 0.3) is 0 Å². The maximum absolute atomic E-state index is 6.47. The average molecular weight is 229 g/mol. The molecule has 2 bridgehead atoms. The van der Waals surface area contributed by atoms with Crippen LogP contribution in [-0.2, 0) is 0 Å². The third kappa shape index (κ3) is 2.24. The number of allylic oxidation sites excluding steroid dienone is 6. The summed E-state index contributed by atoms with van der Waals surface area (Å²) in [6.07, 6.45) is 13.9. The first kappa shape index (κ1) is 10.3. The fourth-order valence-electron chi connectivity index (χ4n) is 2.00. The Morgan fingerprint density at radius 3 is 2.93 bits per heavy atom. The topological polar surface area (TPSA) is 0 Å². The Morgan fingerprint density at radius 1 is 1.21 bits per heavy atom. The lowest BCUT2D eigenvalue weighted by molar-refractivity contribution is 0.618. The Labute approximate surface area is 95.3 Å². The predicted octanol–water partition coefficient (Wildman–Crippen LogP) is 4.55. The van der Waals surface area contributed by atoms with Gasteiger partial charge in [0.2, 0.25) is 0 Å². The first-order chi connectivity index (χ1) is 6.70. The van der Waals surface area contributed by atoms with Crippen molar-refractivity contribution in [3.63, 3.8) is 0 Å². The van der Waals surface area contributed by atoms with Crippen molar-refractivity contribution in [3.05, 3.63) is 34.9 Å². The van der Waals surface area contributed by atoms with Crippen LogP contribution < -0.4 is 0 Å². The SMILES string of the molecule is ClC1=CC2(Cl)C=CC=C1CCCCC2. The second-order valence-electron chi connectivity index (χ2n) is 4.03. The lowest BCUT2D eigenvalue weighted by atomic mass is 10.00. The molecular weight excluding hydrogens is 215 g/mol. The molecule has 1 unspecified atom stereocenters. The summed E-state index contributed by atoms with van der Waals surface area (Å²) < 4.78 is 0. The molecule has 0 aromatic heterocycles. The molecule has 0 saturated heterocycles. The monoisotopic (exact) mass is 228 g/mol. The quantitative estimate of drug-likeness (QED) is 0.534. The van der Waals surface area contributed by atoms with E-state index < -0.39 is 0 Å². The normalized spacial score (nSPS) is 32.4. The highest BCUT2D eigenvalue weighted by atomic mass is 35.5. The molecular formula is C12H14Cl2. The average Bonchev–Trinajstić information content (AvgIpc) is 2.22. The first-order valence-corrected chi connectivity index (χ1v) is 5.91. The van der Waals surface area contributed by atoms with E-state index in [-0.39, 0.29) is 4.87 Å². The molecule has 0 aromatic rings. The van der Waals surface area contributed by atoms with Crippen LogP contribution in [-0.4, -0.2) is 4.87 Å². The molecule has 0 spiro atoms. The summed E-state index contributed by atoms with van der Waals surface area (Å²) in [7, 11) is 0. The van der Waals surface area contributed by atoms with Crippen molar-refractivity contribution in [2.24, 2.45) is 0 Å². The fourth-order valence-corrected chi connectivity index (χ4v) is 2.73. The van der Waals surface area contributed by atoms with Gasteiger partial charge in [-0.2, -0.15) is 0 Å². The summed E-state index contributed by atoms with van der Waals surface area (Å²) in [4.78, 5) is -0.348. The number of fused-ring (bicyclic) bond motifs is 2. The Balaban J connectivity index is 2.37. The van der Waals surface area contributed by atoms with Crippen LogP contribution in [0, 0.1) is 0 Å². The summed E-state index contributed by atoms with van der Waals surface area (Å²) in [5, 5.41) is 0.840. The highest BCUT2D eigenvalue weighted by Gasteiger charge is 2.24. The van der Waals surface area contributed by atoms with Gasteiger partial charge in [-0.25, -0.2) is 0 Å². The zero-order valence-corrected chi connectivity index (χ0v) is 9.61. The number of rotatable bonds is 0. The van der Waals surface area contributed by atoms with Crippen LogP contribution >= 0.6 is 23.2 Å². The van der Waals surface area contributed by atoms with Gasteiger partial charge in [-0.05, 0) is 30.9 Å². The van der Waals surface area contributed by atoms with E-state index >= 15 is 0 Å². The number of alkyl halides is 1. The highest BCUT2D eigenvalue weighted by Crippen LogP contribution is 2.36. The molecule has 0 heterocycles. The minimum Gasteiger partial charge on any atom is -0.110 e. The second-order valence-corrected chi connectivity index (χ2v) is 5.14. The molecule has 2 heteroatoms. The maximum Gasteiger partial charge on any atom is 0.0826 e. The summed E-state index contributed by atoms with van der Waals surface area (Å²) in [6, 6.07) is 0. The van der Waals surface area contributed by atoms with Crippen LogP contribution in [0.2, 0.25) is 0 Å². The van der Waals surface area contributed by atoms with E-state index in [1.165, 1.54) is 24.8 Å². The Bertz CT molecular complexity index is 312. The summed E-state index contributed by atoms with van der Waals surface area (Å²) in [6.45, 7) is 0. The van der Waals surface area contributed by atoms with E-state index in [1.54, 1.807) is 0 Å². The molecule has 0 aromatic carbocycles. The largest absolute Gasteiger partial charge is 0.110 e. The smallest absolute Gasteiger partial charge is 0.0826 e. The molecule has 76 valence electrons. The van der Waals surface area contributed by atoms with E-state index in [0.717, 1.165) is 17.9 Å². The van der Waals surface area contributed by atoms with E-state index in [1.807, 2.05) is 12.2 Å². The predicted molar refractivity (Wildman–Crippen MR) is 62.8 cm³/mol. The Kier molecular flexibility index (Phi) is 3.04.